The third-order valence-electron chi connectivity index (χ3n) is 2.43. The van der Waals surface area contributed by atoms with Crippen molar-refractivity contribution in [1.82, 2.24) is 4.98 Å². The number of ether oxygens (including phenoxy) is 1. The van der Waals surface area contributed by atoms with E-state index in [-0.39, 0.29) is 11.6 Å². The van der Waals surface area contributed by atoms with Crippen LogP contribution < -0.4 is 0 Å². The molecule has 0 saturated carbocycles. The van der Waals surface area contributed by atoms with Gasteiger partial charge in [0.2, 0.25) is 5.90 Å². The molecule has 1 aliphatic heterocycles. The van der Waals surface area contributed by atoms with Gasteiger partial charge in [-0.3, -0.25) is 4.98 Å². The molecule has 100 valence electrons. The third-order valence-corrected chi connectivity index (χ3v) is 4.24. The summed E-state index contributed by atoms with van der Waals surface area (Å²) in [4.78, 5) is 20.9. The SMILES string of the molecule is O=C1OC(c2cc(Cl)ccn2)=N/C1=C\c1ccc(Br)s1. The minimum absolute atomic E-state index is 0.166. The van der Waals surface area contributed by atoms with Crippen LogP contribution in [0.25, 0.3) is 6.08 Å². The average Bonchev–Trinajstić information content (AvgIpc) is 2.97. The number of carbonyl (C=O) groups is 1. The number of thiophene rings is 1. The Kier molecular flexibility index (Phi) is 3.69. The van der Waals surface area contributed by atoms with E-state index in [0.29, 0.717) is 10.7 Å². The van der Waals surface area contributed by atoms with Gasteiger partial charge in [-0.15, -0.1) is 11.3 Å². The molecule has 0 atom stereocenters. The summed E-state index contributed by atoms with van der Waals surface area (Å²) in [5.74, 6) is -0.328. The second-order valence-corrected chi connectivity index (χ2v) is 6.77. The molecule has 0 N–H and O–H groups in total. The summed E-state index contributed by atoms with van der Waals surface area (Å²) in [5.41, 5.74) is 0.678. The second-order valence-electron chi connectivity index (χ2n) is 3.84. The van der Waals surface area contributed by atoms with E-state index in [2.05, 4.69) is 25.9 Å². The Balaban J connectivity index is 1.94. The first-order valence-corrected chi connectivity index (χ1v) is 7.50. The number of rotatable bonds is 2. The van der Waals surface area contributed by atoms with Crippen LogP contribution in [-0.4, -0.2) is 16.9 Å². The highest BCUT2D eigenvalue weighted by Gasteiger charge is 2.25. The number of carbonyl (C=O) groups excluding carboxylic acids is 1. The van der Waals surface area contributed by atoms with Crippen LogP contribution in [0, 0.1) is 0 Å². The fourth-order valence-electron chi connectivity index (χ4n) is 1.58. The van der Waals surface area contributed by atoms with Crippen molar-refractivity contribution in [2.24, 2.45) is 4.99 Å². The lowest BCUT2D eigenvalue weighted by atomic mass is 10.3. The van der Waals surface area contributed by atoms with E-state index in [0.717, 1.165) is 8.66 Å². The van der Waals surface area contributed by atoms with Crippen molar-refractivity contribution in [3.63, 3.8) is 0 Å². The lowest BCUT2D eigenvalue weighted by molar-refractivity contribution is -0.129. The van der Waals surface area contributed by atoms with E-state index in [1.54, 1.807) is 18.2 Å². The normalized spacial score (nSPS) is 16.4. The predicted molar refractivity (Wildman–Crippen MR) is 81.9 cm³/mol. The number of hydrogen-bond acceptors (Lipinski definition) is 5. The molecule has 0 saturated heterocycles. The molecule has 0 bridgehead atoms. The molecule has 3 heterocycles. The number of aliphatic imine (C=N–C) groups is 1. The molecule has 0 aliphatic carbocycles. The van der Waals surface area contributed by atoms with Crippen LogP contribution >= 0.6 is 38.9 Å². The molecule has 0 aromatic carbocycles. The Morgan fingerprint density at radius 3 is 2.90 bits per heavy atom. The zero-order valence-corrected chi connectivity index (χ0v) is 13.0. The van der Waals surface area contributed by atoms with E-state index in [9.17, 15) is 4.79 Å². The molecule has 4 nitrogen and oxygen atoms in total. The van der Waals surface area contributed by atoms with Crippen LogP contribution in [0.1, 0.15) is 10.6 Å². The van der Waals surface area contributed by atoms with E-state index in [1.807, 2.05) is 12.1 Å². The molecule has 7 heteroatoms. The van der Waals surface area contributed by atoms with Crippen molar-refractivity contribution < 1.29 is 9.53 Å². The molecule has 0 spiro atoms. The van der Waals surface area contributed by atoms with Crippen molar-refractivity contribution in [3.05, 3.63) is 55.5 Å². The van der Waals surface area contributed by atoms with Gasteiger partial charge in [-0.25, -0.2) is 9.79 Å². The second kappa shape index (κ2) is 5.47. The van der Waals surface area contributed by atoms with Gasteiger partial charge in [0.1, 0.15) is 5.69 Å². The largest absolute Gasteiger partial charge is 0.400 e. The number of hydrogen-bond donors (Lipinski definition) is 0. The first-order chi connectivity index (χ1) is 9.61. The van der Waals surface area contributed by atoms with E-state index in [4.69, 9.17) is 16.3 Å². The topological polar surface area (TPSA) is 51.5 Å². The summed E-state index contributed by atoms with van der Waals surface area (Å²) >= 11 is 10.7. The summed E-state index contributed by atoms with van der Waals surface area (Å²) in [6.07, 6.45) is 3.21. The van der Waals surface area contributed by atoms with Gasteiger partial charge >= 0.3 is 5.97 Å². The van der Waals surface area contributed by atoms with Gasteiger partial charge in [-0.2, -0.15) is 0 Å². The summed E-state index contributed by atoms with van der Waals surface area (Å²) in [5, 5.41) is 0.508. The Labute approximate surface area is 131 Å². The number of pyridine rings is 1. The minimum atomic E-state index is -0.494. The molecule has 3 rings (SSSR count). The maximum atomic E-state index is 11.8. The van der Waals surface area contributed by atoms with Gasteiger partial charge in [-0.05, 0) is 46.3 Å². The molecular formula is C13H6BrClN2O2S. The highest BCUT2D eigenvalue weighted by molar-refractivity contribution is 9.11. The Bertz CT molecular complexity index is 754. The van der Waals surface area contributed by atoms with Gasteiger partial charge in [-0.1, -0.05) is 11.6 Å². The predicted octanol–water partition coefficient (Wildman–Crippen LogP) is 3.90. The Morgan fingerprint density at radius 1 is 1.35 bits per heavy atom. The molecule has 0 radical (unpaired) electrons. The maximum absolute atomic E-state index is 11.8. The average molecular weight is 370 g/mol. The van der Waals surface area contributed by atoms with Crippen molar-refractivity contribution in [3.8, 4) is 0 Å². The molecule has 0 fully saturated rings. The lowest BCUT2D eigenvalue weighted by Gasteiger charge is -1.97. The third kappa shape index (κ3) is 2.82. The quantitative estimate of drug-likeness (QED) is 0.596. The van der Waals surface area contributed by atoms with Gasteiger partial charge in [0.25, 0.3) is 0 Å². The monoisotopic (exact) mass is 368 g/mol. The van der Waals surface area contributed by atoms with Gasteiger partial charge < -0.3 is 4.74 Å². The number of halogens is 2. The standard InChI is InChI=1S/C13H6BrClN2O2S/c14-11-2-1-8(20-11)6-10-13(18)19-12(17-10)9-5-7(15)3-4-16-9/h1-6H/b10-6-. The van der Waals surface area contributed by atoms with Crippen LogP contribution in [0.15, 0.2) is 44.9 Å². The highest BCUT2D eigenvalue weighted by atomic mass is 79.9. The summed E-state index contributed by atoms with van der Waals surface area (Å²) in [7, 11) is 0. The Hall–Kier alpha value is -1.50. The zero-order chi connectivity index (χ0) is 14.1. The molecule has 0 amide bonds. The first kappa shape index (κ1) is 13.5. The van der Waals surface area contributed by atoms with Crippen LogP contribution in [0.3, 0.4) is 0 Å². The van der Waals surface area contributed by atoms with E-state index < -0.39 is 5.97 Å². The maximum Gasteiger partial charge on any atom is 0.363 e. The summed E-state index contributed by atoms with van der Waals surface area (Å²) in [6.45, 7) is 0. The van der Waals surface area contributed by atoms with E-state index >= 15 is 0 Å². The van der Waals surface area contributed by atoms with Crippen LogP contribution in [-0.2, 0) is 9.53 Å². The Morgan fingerprint density at radius 2 is 2.20 bits per heavy atom. The molecule has 2 aromatic rings. The van der Waals surface area contributed by atoms with Crippen molar-refractivity contribution in [2.45, 2.75) is 0 Å². The van der Waals surface area contributed by atoms with Crippen molar-refractivity contribution in [1.29, 1.82) is 0 Å². The molecule has 20 heavy (non-hydrogen) atoms. The first-order valence-electron chi connectivity index (χ1n) is 5.51. The fourth-order valence-corrected chi connectivity index (χ4v) is 3.10. The van der Waals surface area contributed by atoms with Crippen LogP contribution in [0.2, 0.25) is 5.02 Å². The van der Waals surface area contributed by atoms with Crippen LogP contribution in [0.5, 0.6) is 0 Å². The number of cyclic esters (lactones) is 1. The van der Waals surface area contributed by atoms with Crippen molar-refractivity contribution in [2.75, 3.05) is 0 Å². The smallest absolute Gasteiger partial charge is 0.363 e. The molecule has 2 aromatic heterocycles. The molecular weight excluding hydrogens is 364 g/mol. The fraction of sp³-hybridized carbons (Fsp3) is 0. The summed E-state index contributed by atoms with van der Waals surface area (Å²) in [6, 6.07) is 7.03. The van der Waals surface area contributed by atoms with E-state index in [1.165, 1.54) is 17.5 Å². The zero-order valence-electron chi connectivity index (χ0n) is 9.84. The number of esters is 1. The molecule has 1 aliphatic rings. The van der Waals surface area contributed by atoms with Gasteiger partial charge in [0, 0.05) is 16.1 Å². The van der Waals surface area contributed by atoms with Crippen LogP contribution in [0.4, 0.5) is 0 Å². The highest BCUT2D eigenvalue weighted by Crippen LogP contribution is 2.26. The minimum Gasteiger partial charge on any atom is -0.400 e. The number of nitrogens with zero attached hydrogens (tertiary/aromatic N) is 2. The summed E-state index contributed by atoms with van der Waals surface area (Å²) < 4.78 is 6.09. The lowest BCUT2D eigenvalue weighted by Crippen LogP contribution is -2.06. The van der Waals surface area contributed by atoms with Gasteiger partial charge in [0.05, 0.1) is 3.79 Å². The van der Waals surface area contributed by atoms with Gasteiger partial charge in [0.15, 0.2) is 5.70 Å². The van der Waals surface area contributed by atoms with Crippen molar-refractivity contribution >= 4 is 56.8 Å². The number of aromatic nitrogens is 1. The molecule has 0 unspecified atom stereocenters.